The summed E-state index contributed by atoms with van der Waals surface area (Å²) in [5, 5.41) is 46.9. The first-order valence-corrected chi connectivity index (χ1v) is 35.5. The van der Waals surface area contributed by atoms with E-state index in [4.69, 9.17) is 30.2 Å². The van der Waals surface area contributed by atoms with Crippen LogP contribution in [0.3, 0.4) is 0 Å². The number of nitrogens with two attached hydrogens (primary N) is 1. The second-order valence-corrected chi connectivity index (χ2v) is 25.8. The number of Topliss-reactive ketones (excluding diaryl/α,β-unsaturated/α-hetero) is 1. The number of aromatic carboxylic acids is 1. The number of amides is 6. The highest BCUT2D eigenvalue weighted by molar-refractivity contribution is 6.00. The van der Waals surface area contributed by atoms with Gasteiger partial charge in [0.05, 0.1) is 64.7 Å². The fourth-order valence-corrected chi connectivity index (χ4v) is 11.6. The Morgan fingerprint density at radius 3 is 1.00 bits per heavy atom. The van der Waals surface area contributed by atoms with Crippen LogP contribution in [-0.4, -0.2) is 223 Å². The molecule has 7 aliphatic heterocycles. The molecule has 6 amide bonds. The Labute approximate surface area is 633 Å². The van der Waals surface area contributed by atoms with E-state index in [-0.39, 0.29) is 112 Å². The highest BCUT2D eigenvalue weighted by Crippen LogP contribution is 2.17. The van der Waals surface area contributed by atoms with E-state index >= 15 is 0 Å². The molecule has 0 saturated carbocycles. The zero-order valence-corrected chi connectivity index (χ0v) is 59.8. The van der Waals surface area contributed by atoms with Crippen molar-refractivity contribution in [2.45, 2.75) is 104 Å². The third kappa shape index (κ3) is 30.8. The van der Waals surface area contributed by atoms with Gasteiger partial charge >= 0.3 is 5.97 Å². The molecule has 25 heteroatoms. The summed E-state index contributed by atoms with van der Waals surface area (Å²) in [6.45, 7) is 15.2. The molecule has 0 bridgehead atoms. The van der Waals surface area contributed by atoms with Crippen molar-refractivity contribution < 1.29 is 73.2 Å². The van der Waals surface area contributed by atoms with E-state index in [1.807, 2.05) is 60.7 Å². The zero-order chi connectivity index (χ0) is 75.4. The topological polar surface area (TPSA) is 336 Å². The number of hydrogen-bond acceptors (Lipinski definition) is 18. The third-order valence-electron chi connectivity index (χ3n) is 17.7. The summed E-state index contributed by atoms with van der Waals surface area (Å²) in [6, 6.07) is 45.2. The lowest BCUT2D eigenvalue weighted by Gasteiger charge is -2.27. The first-order valence-electron chi connectivity index (χ1n) is 35.5. The number of carboxylic acid groups (broad SMARTS) is 1. The lowest BCUT2D eigenvalue weighted by Crippen LogP contribution is -2.46. The third-order valence-corrected chi connectivity index (χ3v) is 17.7. The lowest BCUT2D eigenvalue weighted by molar-refractivity contribution is -0.171. The summed E-state index contributed by atoms with van der Waals surface area (Å²) >= 11 is 0. The van der Waals surface area contributed by atoms with Crippen molar-refractivity contribution in [3.05, 3.63) is 212 Å². The van der Waals surface area contributed by atoms with Crippen LogP contribution in [0.5, 0.6) is 0 Å². The second-order valence-electron chi connectivity index (χ2n) is 25.8. The van der Waals surface area contributed by atoms with E-state index in [1.165, 1.54) is 16.7 Å². The standard InChI is InChI=1S/2C25H27N3O4.C20H19NO3.C5H10N2O.C5H7NO2.CH4O.2CH4/c2*29-24-17-23(11-12-28(24)31)26-25(30)22-9-7-20(8-10-22)2-1-19-3-5-21(6-4-19)18-27-13-15-32-16-14-27;22-20(23)19-9-7-17(8-10-19)2-1-16-3-5-18(6-4-16)15-21-11-13-24-14-12-21;6-4-1-2-7-5(8)3-4;7-4-1-2-6-5(8)3-4;1-2;;/h2*3-10,23,31H,11-18H2,(H,26,30);3-10H,11-15H2,(H,22,23);4H,1-3,6H2,(H,7,8);1-3H2,(H,6,8);2H,1H3;2*1H4. The quantitative estimate of drug-likeness (QED) is 0.0393. The predicted octanol–water partition coefficient (Wildman–Crippen LogP) is 6.24. The Balaban J connectivity index is 0.000000226. The summed E-state index contributed by atoms with van der Waals surface area (Å²) in [6.07, 6.45) is 3.29. The van der Waals surface area contributed by atoms with Crippen LogP contribution in [0.4, 0.5) is 0 Å². The molecule has 0 aliphatic carbocycles. The number of hydrogen-bond donors (Lipinski definition) is 9. The molecule has 7 aliphatic rings. The number of benzene rings is 6. The molecule has 3 unspecified atom stereocenters. The molecule has 7 saturated heterocycles. The van der Waals surface area contributed by atoms with Crippen LogP contribution in [0, 0.1) is 35.5 Å². The van der Waals surface area contributed by atoms with E-state index < -0.39 is 5.97 Å². The summed E-state index contributed by atoms with van der Waals surface area (Å²) in [5.74, 6) is 16.6. The van der Waals surface area contributed by atoms with Gasteiger partial charge in [-0.25, -0.2) is 14.9 Å². The van der Waals surface area contributed by atoms with Crippen molar-refractivity contribution in [3.63, 3.8) is 0 Å². The number of piperidine rings is 4. The molecule has 25 nitrogen and oxygen atoms in total. The number of carboxylic acids is 1. The van der Waals surface area contributed by atoms with Crippen molar-refractivity contribution in [3.8, 4) is 35.5 Å². The molecule has 574 valence electrons. The van der Waals surface area contributed by atoms with E-state index in [0.717, 1.165) is 152 Å². The van der Waals surface area contributed by atoms with Crippen molar-refractivity contribution in [2.75, 3.05) is 112 Å². The van der Waals surface area contributed by atoms with E-state index in [0.29, 0.717) is 53.5 Å². The van der Waals surface area contributed by atoms with Gasteiger partial charge in [0.25, 0.3) is 11.8 Å². The van der Waals surface area contributed by atoms with E-state index in [2.05, 4.69) is 108 Å². The number of ether oxygens (including phenoxy) is 3. The van der Waals surface area contributed by atoms with Crippen LogP contribution >= 0.6 is 0 Å². The van der Waals surface area contributed by atoms with Gasteiger partial charge in [-0.3, -0.25) is 58.7 Å². The lowest BCUT2D eigenvalue weighted by atomic mass is 10.0. The molecule has 13 rings (SSSR count). The molecule has 108 heavy (non-hydrogen) atoms. The first-order chi connectivity index (χ1) is 51.4. The maximum absolute atomic E-state index is 12.4. The van der Waals surface area contributed by atoms with Crippen LogP contribution in [-0.2, 0) is 57.8 Å². The zero-order valence-electron chi connectivity index (χ0n) is 59.8. The number of ketones is 1. The van der Waals surface area contributed by atoms with Crippen LogP contribution in [0.15, 0.2) is 146 Å². The van der Waals surface area contributed by atoms with Gasteiger partial charge < -0.3 is 51.4 Å². The number of morpholine rings is 3. The molecule has 10 N–H and O–H groups in total. The Kier molecular flexibility index (Phi) is 37.3. The highest BCUT2D eigenvalue weighted by Gasteiger charge is 2.28. The molecule has 7 fully saturated rings. The minimum atomic E-state index is -0.926. The predicted molar refractivity (Wildman–Crippen MR) is 409 cm³/mol. The molecule has 0 radical (unpaired) electrons. The second kappa shape index (κ2) is 46.6. The maximum atomic E-state index is 12.4. The number of aliphatic hydroxyl groups excluding tert-OH is 1. The van der Waals surface area contributed by atoms with Crippen molar-refractivity contribution in [2.24, 2.45) is 5.73 Å². The first kappa shape index (κ1) is 86.5. The summed E-state index contributed by atoms with van der Waals surface area (Å²) < 4.78 is 16.1. The SMILES string of the molecule is C.C.CO.NC1CCNC(=O)C1.O=C(NC1CCN(O)C(=O)C1)c1ccc(C#Cc2ccc(CN3CCOCC3)cc2)cc1.O=C(NC1CCN(O)C(=O)C1)c1ccc(C#Cc2ccc(CN3CCOCC3)cc2)cc1.O=C(O)c1ccc(C#Cc2ccc(CN3CCOCC3)cc2)cc1.O=C1CCNC(=O)C1. The van der Waals surface area contributed by atoms with Crippen LogP contribution in [0.2, 0.25) is 0 Å². The average molecular weight is 1480 g/mol. The molecule has 0 spiro atoms. The number of rotatable bonds is 11. The number of carbonyl (C=O) groups is 8. The van der Waals surface area contributed by atoms with Crippen LogP contribution in [0.25, 0.3) is 0 Å². The summed E-state index contributed by atoms with van der Waals surface area (Å²) in [4.78, 5) is 97.2. The molecule has 3 atom stereocenters. The van der Waals surface area contributed by atoms with Gasteiger partial charge in [0, 0.05) is 167 Å². The summed E-state index contributed by atoms with van der Waals surface area (Å²) in [5.41, 5.74) is 15.8. The summed E-state index contributed by atoms with van der Waals surface area (Å²) in [7, 11) is 1.00. The fourth-order valence-electron chi connectivity index (χ4n) is 11.6. The minimum absolute atomic E-state index is 0. The van der Waals surface area contributed by atoms with E-state index in [9.17, 15) is 48.8 Å². The monoisotopic (exact) mass is 1480 g/mol. The van der Waals surface area contributed by atoms with Crippen molar-refractivity contribution in [1.82, 2.24) is 46.1 Å². The van der Waals surface area contributed by atoms with Gasteiger partial charge in [-0.1, -0.05) is 86.8 Å². The van der Waals surface area contributed by atoms with Crippen molar-refractivity contribution >= 4 is 47.2 Å². The fraction of sp³-hybridized carbons (Fsp3) is 0.398. The largest absolute Gasteiger partial charge is 0.478 e. The molecule has 7 heterocycles. The molecular weight excluding hydrogens is 1380 g/mol. The number of nitrogens with one attached hydrogen (secondary N) is 4. The van der Waals surface area contributed by atoms with Gasteiger partial charge in [0.2, 0.25) is 23.6 Å². The van der Waals surface area contributed by atoms with E-state index in [1.54, 1.807) is 48.5 Å². The number of nitrogens with zero attached hydrogens (tertiary/aromatic N) is 5. The van der Waals surface area contributed by atoms with Crippen LogP contribution in [0.1, 0.15) is 147 Å². The Bertz CT molecular complexity index is 3870. The number of aliphatic hydroxyl groups is 1. The number of carbonyl (C=O) groups excluding carboxylic acids is 7. The van der Waals surface area contributed by atoms with Gasteiger partial charge in [-0.2, -0.15) is 0 Å². The van der Waals surface area contributed by atoms with Crippen molar-refractivity contribution in [1.29, 1.82) is 0 Å². The molecule has 0 aromatic heterocycles. The molecule has 6 aromatic carbocycles. The molecular formula is C83H102N10O15. The minimum Gasteiger partial charge on any atom is -0.478 e. The van der Waals surface area contributed by atoms with Gasteiger partial charge in [-0.15, -0.1) is 0 Å². The molecule has 6 aromatic rings. The van der Waals surface area contributed by atoms with Gasteiger partial charge in [0.1, 0.15) is 5.78 Å². The van der Waals surface area contributed by atoms with Crippen LogP contribution < -0.4 is 27.0 Å². The Hall–Kier alpha value is -10.4. The normalized spacial score (nSPS) is 18.4. The van der Waals surface area contributed by atoms with Gasteiger partial charge in [0.15, 0.2) is 0 Å². The highest BCUT2D eigenvalue weighted by atomic mass is 16.5. The van der Waals surface area contributed by atoms with Gasteiger partial charge in [-0.05, 0) is 145 Å². The average Bonchev–Trinajstić information content (AvgIpc) is 0.856. The Morgan fingerprint density at radius 1 is 0.435 bits per heavy atom. The number of hydroxylamine groups is 4. The maximum Gasteiger partial charge on any atom is 0.335 e. The Morgan fingerprint density at radius 2 is 0.741 bits per heavy atom. The smallest absolute Gasteiger partial charge is 0.335 e.